The van der Waals surface area contributed by atoms with Crippen molar-refractivity contribution in [2.45, 2.75) is 6.42 Å². The normalized spacial score (nSPS) is 9.95. The highest BCUT2D eigenvalue weighted by molar-refractivity contribution is 5.94. The van der Waals surface area contributed by atoms with E-state index in [9.17, 15) is 4.79 Å². The van der Waals surface area contributed by atoms with Crippen LogP contribution in [0.4, 0.5) is 5.82 Å². The van der Waals surface area contributed by atoms with E-state index in [-0.39, 0.29) is 5.97 Å². The predicted octanol–water partition coefficient (Wildman–Crippen LogP) is 1.92. The summed E-state index contributed by atoms with van der Waals surface area (Å²) in [5.74, 6) is 0.155. The van der Waals surface area contributed by atoms with Crippen LogP contribution in [-0.2, 0) is 11.2 Å². The highest BCUT2D eigenvalue weighted by Gasteiger charge is 2.11. The quantitative estimate of drug-likeness (QED) is 0.829. The number of hydrogen-bond acceptors (Lipinski definition) is 5. The van der Waals surface area contributed by atoms with Crippen molar-refractivity contribution in [3.8, 4) is 0 Å². The van der Waals surface area contributed by atoms with Gasteiger partial charge in [-0.2, -0.15) is 0 Å². The maximum absolute atomic E-state index is 11.6. The van der Waals surface area contributed by atoms with Gasteiger partial charge in [0.1, 0.15) is 11.4 Å². The summed E-state index contributed by atoms with van der Waals surface area (Å²) in [7, 11) is 1.36. The summed E-state index contributed by atoms with van der Waals surface area (Å²) in [6, 6.07) is 7.32. The number of pyridine rings is 2. The fraction of sp³-hybridized carbons (Fsp3) is 0.214. The van der Waals surface area contributed by atoms with Crippen LogP contribution in [0.3, 0.4) is 0 Å². The van der Waals surface area contributed by atoms with Gasteiger partial charge < -0.3 is 10.1 Å². The minimum absolute atomic E-state index is 0.389. The number of aromatic nitrogens is 2. The van der Waals surface area contributed by atoms with Crippen molar-refractivity contribution in [1.82, 2.24) is 9.97 Å². The molecule has 0 aromatic carbocycles. The standard InChI is InChI=1S/C14H15N3O2/c1-19-14(18)12-3-2-7-16-13(12)17-10-6-11-4-8-15-9-5-11/h2-5,7-9H,6,10H2,1H3,(H,16,17). The molecule has 1 N–H and O–H groups in total. The second-order valence-electron chi connectivity index (χ2n) is 3.92. The zero-order valence-electron chi connectivity index (χ0n) is 10.7. The molecule has 0 bridgehead atoms. The largest absolute Gasteiger partial charge is 0.465 e. The predicted molar refractivity (Wildman–Crippen MR) is 72.0 cm³/mol. The third kappa shape index (κ3) is 3.51. The Balaban J connectivity index is 1.98. The van der Waals surface area contributed by atoms with Gasteiger partial charge in [-0.3, -0.25) is 4.98 Å². The molecule has 2 aromatic heterocycles. The number of carbonyl (C=O) groups excluding carboxylic acids is 1. The molecule has 0 saturated heterocycles. The van der Waals surface area contributed by atoms with E-state index in [1.54, 1.807) is 30.7 Å². The molecule has 0 aliphatic heterocycles. The summed E-state index contributed by atoms with van der Waals surface area (Å²) in [5.41, 5.74) is 1.62. The Morgan fingerprint density at radius 2 is 2.05 bits per heavy atom. The summed E-state index contributed by atoms with van der Waals surface area (Å²) in [6.45, 7) is 0.686. The first kappa shape index (κ1) is 13.0. The maximum atomic E-state index is 11.6. The van der Waals surface area contributed by atoms with Crippen molar-refractivity contribution in [3.05, 3.63) is 54.0 Å². The Morgan fingerprint density at radius 1 is 1.26 bits per heavy atom. The van der Waals surface area contributed by atoms with Gasteiger partial charge in [0.25, 0.3) is 0 Å². The van der Waals surface area contributed by atoms with E-state index in [0.717, 1.165) is 6.42 Å². The number of anilines is 1. The maximum Gasteiger partial charge on any atom is 0.341 e. The fourth-order valence-corrected chi connectivity index (χ4v) is 1.70. The number of nitrogens with one attached hydrogen (secondary N) is 1. The van der Waals surface area contributed by atoms with Crippen molar-refractivity contribution in [2.75, 3.05) is 19.0 Å². The van der Waals surface area contributed by atoms with Crippen LogP contribution in [0.2, 0.25) is 0 Å². The lowest BCUT2D eigenvalue weighted by atomic mass is 10.2. The average molecular weight is 257 g/mol. The van der Waals surface area contributed by atoms with E-state index in [1.807, 2.05) is 12.1 Å². The molecule has 2 heterocycles. The van der Waals surface area contributed by atoms with Crippen LogP contribution in [0.15, 0.2) is 42.9 Å². The zero-order valence-corrected chi connectivity index (χ0v) is 10.7. The van der Waals surface area contributed by atoms with Gasteiger partial charge in [0, 0.05) is 25.1 Å². The molecule has 2 aromatic rings. The van der Waals surface area contributed by atoms with Crippen LogP contribution >= 0.6 is 0 Å². The van der Waals surface area contributed by atoms with Crippen molar-refractivity contribution >= 4 is 11.8 Å². The first-order chi connectivity index (χ1) is 9.31. The Bertz CT molecular complexity index is 543. The van der Waals surface area contributed by atoms with Gasteiger partial charge >= 0.3 is 5.97 Å². The second kappa shape index (κ2) is 6.49. The molecule has 0 radical (unpaired) electrons. The molecular weight excluding hydrogens is 242 g/mol. The monoisotopic (exact) mass is 257 g/mol. The fourth-order valence-electron chi connectivity index (χ4n) is 1.70. The lowest BCUT2D eigenvalue weighted by molar-refractivity contribution is 0.0601. The summed E-state index contributed by atoms with van der Waals surface area (Å²) in [5, 5.41) is 3.14. The van der Waals surface area contributed by atoms with E-state index in [4.69, 9.17) is 4.74 Å². The minimum Gasteiger partial charge on any atom is -0.465 e. The van der Waals surface area contributed by atoms with Gasteiger partial charge in [0.2, 0.25) is 0 Å². The lowest BCUT2D eigenvalue weighted by Gasteiger charge is -2.09. The van der Waals surface area contributed by atoms with E-state index in [1.165, 1.54) is 12.7 Å². The summed E-state index contributed by atoms with van der Waals surface area (Å²) >= 11 is 0. The summed E-state index contributed by atoms with van der Waals surface area (Å²) in [6.07, 6.45) is 5.99. The van der Waals surface area contributed by atoms with Gasteiger partial charge in [0.05, 0.1) is 7.11 Å². The van der Waals surface area contributed by atoms with Crippen LogP contribution in [-0.4, -0.2) is 29.6 Å². The topological polar surface area (TPSA) is 64.1 Å². The molecule has 0 saturated carbocycles. The van der Waals surface area contributed by atoms with Crippen LogP contribution in [0.1, 0.15) is 15.9 Å². The minimum atomic E-state index is -0.389. The van der Waals surface area contributed by atoms with E-state index in [0.29, 0.717) is 17.9 Å². The molecule has 5 heteroatoms. The molecule has 19 heavy (non-hydrogen) atoms. The summed E-state index contributed by atoms with van der Waals surface area (Å²) in [4.78, 5) is 19.7. The number of ether oxygens (including phenoxy) is 1. The number of hydrogen-bond donors (Lipinski definition) is 1. The molecule has 98 valence electrons. The molecular formula is C14H15N3O2. The van der Waals surface area contributed by atoms with Crippen molar-refractivity contribution in [1.29, 1.82) is 0 Å². The molecule has 0 fully saturated rings. The molecule has 0 unspecified atom stereocenters. The van der Waals surface area contributed by atoms with E-state index in [2.05, 4.69) is 15.3 Å². The Labute approximate surface area is 111 Å². The van der Waals surface area contributed by atoms with Crippen LogP contribution in [0.5, 0.6) is 0 Å². The number of methoxy groups -OCH3 is 1. The van der Waals surface area contributed by atoms with Crippen LogP contribution in [0, 0.1) is 0 Å². The number of nitrogens with zero attached hydrogens (tertiary/aromatic N) is 2. The first-order valence-corrected chi connectivity index (χ1v) is 5.97. The highest BCUT2D eigenvalue weighted by Crippen LogP contribution is 2.12. The van der Waals surface area contributed by atoms with Crippen molar-refractivity contribution < 1.29 is 9.53 Å². The molecule has 0 aliphatic carbocycles. The Hall–Kier alpha value is -2.43. The van der Waals surface area contributed by atoms with Crippen LogP contribution < -0.4 is 5.32 Å². The Kier molecular flexibility index (Phi) is 4.44. The third-order valence-corrected chi connectivity index (χ3v) is 2.67. The number of carbonyl (C=O) groups is 1. The second-order valence-corrected chi connectivity index (χ2v) is 3.92. The third-order valence-electron chi connectivity index (χ3n) is 2.67. The van der Waals surface area contributed by atoms with Crippen molar-refractivity contribution in [3.63, 3.8) is 0 Å². The smallest absolute Gasteiger partial charge is 0.341 e. The molecule has 5 nitrogen and oxygen atoms in total. The van der Waals surface area contributed by atoms with Crippen LogP contribution in [0.25, 0.3) is 0 Å². The van der Waals surface area contributed by atoms with E-state index >= 15 is 0 Å². The van der Waals surface area contributed by atoms with Gasteiger partial charge in [-0.1, -0.05) is 0 Å². The Morgan fingerprint density at radius 3 is 2.79 bits per heavy atom. The van der Waals surface area contributed by atoms with Gasteiger partial charge in [-0.05, 0) is 36.2 Å². The first-order valence-electron chi connectivity index (χ1n) is 5.97. The number of rotatable bonds is 5. The summed E-state index contributed by atoms with van der Waals surface area (Å²) < 4.78 is 4.71. The SMILES string of the molecule is COC(=O)c1cccnc1NCCc1ccncc1. The molecule has 0 spiro atoms. The molecule has 2 rings (SSSR count). The zero-order chi connectivity index (χ0) is 13.5. The van der Waals surface area contributed by atoms with Gasteiger partial charge in [-0.25, -0.2) is 9.78 Å². The lowest BCUT2D eigenvalue weighted by Crippen LogP contribution is -2.12. The van der Waals surface area contributed by atoms with E-state index < -0.39 is 0 Å². The van der Waals surface area contributed by atoms with Gasteiger partial charge in [-0.15, -0.1) is 0 Å². The highest BCUT2D eigenvalue weighted by atomic mass is 16.5. The molecule has 0 atom stereocenters. The van der Waals surface area contributed by atoms with Crippen molar-refractivity contribution in [2.24, 2.45) is 0 Å². The molecule has 0 amide bonds. The number of esters is 1. The average Bonchev–Trinajstić information content (AvgIpc) is 2.48. The van der Waals surface area contributed by atoms with Gasteiger partial charge in [0.15, 0.2) is 0 Å². The molecule has 0 aliphatic rings.